The van der Waals surface area contributed by atoms with Crippen molar-refractivity contribution in [3.63, 3.8) is 0 Å². The van der Waals surface area contributed by atoms with Crippen LogP contribution in [0.25, 0.3) is 6.08 Å². The Hall–Kier alpha value is -3.48. The molecule has 154 valence electrons. The van der Waals surface area contributed by atoms with Crippen molar-refractivity contribution in [3.8, 4) is 17.2 Å². The van der Waals surface area contributed by atoms with Gasteiger partial charge >= 0.3 is 5.97 Å². The first-order valence-corrected chi connectivity index (χ1v) is 9.24. The summed E-state index contributed by atoms with van der Waals surface area (Å²) < 4.78 is 21.2. The summed E-state index contributed by atoms with van der Waals surface area (Å²) in [5.41, 5.74) is 1.17. The first kappa shape index (κ1) is 21.8. The molecular weight excluding hydrogens is 374 g/mol. The van der Waals surface area contributed by atoms with Crippen molar-refractivity contribution < 1.29 is 28.5 Å². The largest absolute Gasteiger partial charge is 0.496 e. The van der Waals surface area contributed by atoms with E-state index in [9.17, 15) is 9.59 Å². The van der Waals surface area contributed by atoms with Crippen LogP contribution < -0.4 is 19.5 Å². The molecule has 0 atom stereocenters. The Morgan fingerprint density at radius 2 is 1.76 bits per heavy atom. The van der Waals surface area contributed by atoms with Gasteiger partial charge in [0.05, 0.1) is 26.0 Å². The molecule has 7 heteroatoms. The Bertz CT molecular complexity index is 862. The van der Waals surface area contributed by atoms with Gasteiger partial charge in [0.1, 0.15) is 17.2 Å². The second-order valence-electron chi connectivity index (χ2n) is 5.76. The molecular formula is C22H25NO6. The van der Waals surface area contributed by atoms with Crippen LogP contribution in [0.4, 0.5) is 5.69 Å². The highest BCUT2D eigenvalue weighted by Gasteiger charge is 2.11. The monoisotopic (exact) mass is 399 g/mol. The summed E-state index contributed by atoms with van der Waals surface area (Å²) in [7, 11) is 1.55. The van der Waals surface area contributed by atoms with E-state index in [0.29, 0.717) is 36.1 Å². The summed E-state index contributed by atoms with van der Waals surface area (Å²) in [6.45, 7) is 4.22. The van der Waals surface area contributed by atoms with Crippen LogP contribution in [0.15, 0.2) is 48.5 Å². The van der Waals surface area contributed by atoms with Crippen LogP contribution in [0.5, 0.6) is 17.2 Å². The lowest BCUT2D eigenvalue weighted by molar-refractivity contribution is -0.142. The molecule has 0 bridgehead atoms. The number of rotatable bonds is 10. The number of anilines is 1. The van der Waals surface area contributed by atoms with Gasteiger partial charge in [0.2, 0.25) is 0 Å². The summed E-state index contributed by atoms with van der Waals surface area (Å²) >= 11 is 0. The standard InChI is InChI=1S/C22H25NO6/c1-4-27-17-11-12-20(28-5-2)18(14-17)23-21(24)15-29-22(25)13-10-16-8-6-7-9-19(16)26-3/h6-14H,4-5,15H2,1-3H3,(H,23,24)/b13-10+. The second-order valence-corrected chi connectivity index (χ2v) is 5.76. The number of hydrogen-bond acceptors (Lipinski definition) is 6. The van der Waals surface area contributed by atoms with Crippen LogP contribution in [-0.2, 0) is 14.3 Å². The summed E-state index contributed by atoms with van der Waals surface area (Å²) in [6, 6.07) is 12.4. The molecule has 0 aromatic heterocycles. The van der Waals surface area contributed by atoms with Crippen LogP contribution in [0.1, 0.15) is 19.4 Å². The molecule has 0 radical (unpaired) electrons. The third kappa shape index (κ3) is 6.88. The van der Waals surface area contributed by atoms with Gasteiger partial charge in [0.25, 0.3) is 5.91 Å². The summed E-state index contributed by atoms with van der Waals surface area (Å²) in [5.74, 6) is 0.611. The number of benzene rings is 2. The van der Waals surface area contributed by atoms with Crippen molar-refractivity contribution in [1.29, 1.82) is 0 Å². The third-order valence-electron chi connectivity index (χ3n) is 3.72. The lowest BCUT2D eigenvalue weighted by atomic mass is 10.2. The van der Waals surface area contributed by atoms with Gasteiger partial charge in [-0.1, -0.05) is 18.2 Å². The number of carbonyl (C=O) groups excluding carboxylic acids is 2. The molecule has 2 aromatic carbocycles. The van der Waals surface area contributed by atoms with E-state index in [4.69, 9.17) is 18.9 Å². The highest BCUT2D eigenvalue weighted by atomic mass is 16.5. The van der Waals surface area contributed by atoms with Crippen LogP contribution >= 0.6 is 0 Å². The predicted octanol–water partition coefficient (Wildman–Crippen LogP) is 3.69. The zero-order chi connectivity index (χ0) is 21.1. The van der Waals surface area contributed by atoms with E-state index in [0.717, 1.165) is 5.56 Å². The fourth-order valence-electron chi connectivity index (χ4n) is 2.48. The fraction of sp³-hybridized carbons (Fsp3) is 0.273. The average molecular weight is 399 g/mol. The Morgan fingerprint density at radius 3 is 2.48 bits per heavy atom. The predicted molar refractivity (Wildman–Crippen MR) is 110 cm³/mol. The van der Waals surface area contributed by atoms with Crippen molar-refractivity contribution >= 4 is 23.6 Å². The molecule has 29 heavy (non-hydrogen) atoms. The SMILES string of the molecule is CCOc1ccc(OCC)c(NC(=O)COC(=O)/C=C/c2ccccc2OC)c1. The molecule has 1 amide bonds. The van der Waals surface area contributed by atoms with Crippen molar-refractivity contribution in [2.45, 2.75) is 13.8 Å². The van der Waals surface area contributed by atoms with Gasteiger partial charge in [-0.05, 0) is 38.1 Å². The minimum Gasteiger partial charge on any atom is -0.496 e. The molecule has 7 nitrogen and oxygen atoms in total. The van der Waals surface area contributed by atoms with E-state index in [2.05, 4.69) is 5.32 Å². The van der Waals surface area contributed by atoms with E-state index >= 15 is 0 Å². The van der Waals surface area contributed by atoms with Gasteiger partial charge in [-0.3, -0.25) is 4.79 Å². The van der Waals surface area contributed by atoms with E-state index in [1.807, 2.05) is 26.0 Å². The number of esters is 1. The zero-order valence-corrected chi connectivity index (χ0v) is 16.8. The summed E-state index contributed by atoms with van der Waals surface area (Å²) in [5, 5.41) is 2.68. The smallest absolute Gasteiger partial charge is 0.331 e. The molecule has 0 saturated carbocycles. The van der Waals surface area contributed by atoms with Crippen LogP contribution in [-0.4, -0.2) is 38.8 Å². The number of ether oxygens (including phenoxy) is 4. The topological polar surface area (TPSA) is 83.1 Å². The van der Waals surface area contributed by atoms with Gasteiger partial charge < -0.3 is 24.3 Å². The lowest BCUT2D eigenvalue weighted by Crippen LogP contribution is -2.20. The van der Waals surface area contributed by atoms with E-state index in [-0.39, 0.29) is 0 Å². The maximum Gasteiger partial charge on any atom is 0.331 e. The molecule has 0 saturated heterocycles. The summed E-state index contributed by atoms with van der Waals surface area (Å²) in [6.07, 6.45) is 2.81. The Balaban J connectivity index is 1.94. The zero-order valence-electron chi connectivity index (χ0n) is 16.8. The molecule has 0 aliphatic carbocycles. The van der Waals surface area contributed by atoms with Crippen molar-refractivity contribution in [1.82, 2.24) is 0 Å². The molecule has 1 N–H and O–H groups in total. The van der Waals surface area contributed by atoms with Crippen LogP contribution in [0, 0.1) is 0 Å². The van der Waals surface area contributed by atoms with E-state index in [1.165, 1.54) is 6.08 Å². The maximum absolute atomic E-state index is 12.2. The molecule has 0 aliphatic rings. The maximum atomic E-state index is 12.2. The molecule has 0 unspecified atom stereocenters. The molecule has 2 aromatic rings. The lowest BCUT2D eigenvalue weighted by Gasteiger charge is -2.13. The minimum atomic E-state index is -0.640. The average Bonchev–Trinajstić information content (AvgIpc) is 2.73. The number of carbonyl (C=O) groups is 2. The molecule has 0 heterocycles. The van der Waals surface area contributed by atoms with Crippen molar-refractivity contribution in [2.24, 2.45) is 0 Å². The van der Waals surface area contributed by atoms with Crippen LogP contribution in [0.2, 0.25) is 0 Å². The number of para-hydroxylation sites is 1. The second kappa shape index (κ2) is 11.4. The van der Waals surface area contributed by atoms with Crippen LogP contribution in [0.3, 0.4) is 0 Å². The molecule has 0 aliphatic heterocycles. The van der Waals surface area contributed by atoms with Crippen molar-refractivity contribution in [2.75, 3.05) is 32.2 Å². The Morgan fingerprint density at radius 1 is 1.00 bits per heavy atom. The van der Waals surface area contributed by atoms with E-state index < -0.39 is 18.5 Å². The van der Waals surface area contributed by atoms with Gasteiger partial charge in [-0.2, -0.15) is 0 Å². The highest BCUT2D eigenvalue weighted by molar-refractivity contribution is 5.96. The van der Waals surface area contributed by atoms with Gasteiger partial charge in [-0.15, -0.1) is 0 Å². The molecule has 2 rings (SSSR count). The number of hydrogen-bond donors (Lipinski definition) is 1. The number of amides is 1. The van der Waals surface area contributed by atoms with Gasteiger partial charge in [-0.25, -0.2) is 4.79 Å². The summed E-state index contributed by atoms with van der Waals surface area (Å²) in [4.78, 5) is 24.1. The van der Waals surface area contributed by atoms with E-state index in [1.54, 1.807) is 43.5 Å². The first-order chi connectivity index (χ1) is 14.1. The molecule has 0 fully saturated rings. The fourth-order valence-corrected chi connectivity index (χ4v) is 2.48. The minimum absolute atomic E-state index is 0.431. The van der Waals surface area contributed by atoms with Gasteiger partial charge in [0.15, 0.2) is 6.61 Å². The quantitative estimate of drug-likeness (QED) is 0.485. The third-order valence-corrected chi connectivity index (χ3v) is 3.72. The highest BCUT2D eigenvalue weighted by Crippen LogP contribution is 2.29. The number of methoxy groups -OCH3 is 1. The first-order valence-electron chi connectivity index (χ1n) is 9.24. The normalized spacial score (nSPS) is 10.4. The number of nitrogens with one attached hydrogen (secondary N) is 1. The molecule has 0 spiro atoms. The van der Waals surface area contributed by atoms with Crippen molar-refractivity contribution in [3.05, 3.63) is 54.1 Å². The van der Waals surface area contributed by atoms with Gasteiger partial charge in [0, 0.05) is 17.7 Å². The Kier molecular flexibility index (Phi) is 8.56. The Labute approximate surface area is 170 Å².